The van der Waals surface area contributed by atoms with Crippen LogP contribution >= 0.6 is 0 Å². The molecule has 0 fully saturated rings. The fourth-order valence-electron chi connectivity index (χ4n) is 2.40. The van der Waals surface area contributed by atoms with Gasteiger partial charge in [-0.25, -0.2) is 0 Å². The van der Waals surface area contributed by atoms with Crippen molar-refractivity contribution in [1.82, 2.24) is 0 Å². The fraction of sp³-hybridized carbons (Fsp3) is 0.350. The van der Waals surface area contributed by atoms with Crippen molar-refractivity contribution < 1.29 is 20.0 Å². The summed E-state index contributed by atoms with van der Waals surface area (Å²) in [6, 6.07) is 16.6. The van der Waals surface area contributed by atoms with E-state index in [1.807, 2.05) is 42.5 Å². The first-order valence-electron chi connectivity index (χ1n) is 8.49. The van der Waals surface area contributed by atoms with Crippen molar-refractivity contribution in [3.8, 4) is 5.75 Å². The maximum absolute atomic E-state index is 12.3. The summed E-state index contributed by atoms with van der Waals surface area (Å²) in [5, 5.41) is 11.3. The van der Waals surface area contributed by atoms with Crippen molar-refractivity contribution in [1.29, 1.82) is 0 Å². The molecule has 3 N–H and O–H groups in total. The Labute approximate surface area is 143 Å². The van der Waals surface area contributed by atoms with E-state index in [-0.39, 0.29) is 11.9 Å². The van der Waals surface area contributed by atoms with Gasteiger partial charge in [-0.2, -0.15) is 0 Å². The molecule has 0 amide bonds. The molecule has 2 rings (SSSR count). The molecule has 128 valence electrons. The number of nitrogens with two attached hydrogens (primary N) is 1. The molecule has 0 saturated carbocycles. The van der Waals surface area contributed by atoms with Crippen LogP contribution in [0.5, 0.6) is 5.75 Å². The first kappa shape index (κ1) is 18.2. The van der Waals surface area contributed by atoms with Gasteiger partial charge in [-0.05, 0) is 44.0 Å². The molecule has 0 aliphatic rings. The van der Waals surface area contributed by atoms with Crippen LogP contribution < -0.4 is 10.1 Å². The molecule has 0 spiro atoms. The van der Waals surface area contributed by atoms with Gasteiger partial charge in [-0.1, -0.05) is 30.3 Å². The van der Waals surface area contributed by atoms with Gasteiger partial charge >= 0.3 is 0 Å². The molecule has 0 heterocycles. The zero-order valence-electron chi connectivity index (χ0n) is 14.2. The third-order valence-electron chi connectivity index (χ3n) is 3.73. The molecule has 0 aliphatic carbocycles. The van der Waals surface area contributed by atoms with Crippen LogP contribution in [-0.4, -0.2) is 36.7 Å². The average Bonchev–Trinajstić information content (AvgIpc) is 2.61. The summed E-state index contributed by atoms with van der Waals surface area (Å²) in [6.07, 6.45) is 1.77. The first-order valence-corrected chi connectivity index (χ1v) is 8.49. The van der Waals surface area contributed by atoms with E-state index in [0.717, 1.165) is 31.7 Å². The standard InChI is InChI=1S/C20H25NO3/c1-16(22)15-21-13-5-6-14-24-19-11-9-18(10-12-19)20(23)17-7-3-2-4-8-17/h2-4,7-12,16,21-22H,5-6,13-15H2,1H3/p+1/t16-/m0/s1. The number of aliphatic hydroxyl groups is 1. The molecule has 0 aromatic heterocycles. The Kier molecular flexibility index (Phi) is 7.46. The van der Waals surface area contributed by atoms with E-state index < -0.39 is 0 Å². The lowest BCUT2D eigenvalue weighted by Crippen LogP contribution is -2.86. The number of ketones is 1. The van der Waals surface area contributed by atoms with Gasteiger partial charge in [0.25, 0.3) is 0 Å². The largest absolute Gasteiger partial charge is 0.494 e. The number of hydrogen-bond donors (Lipinski definition) is 2. The third-order valence-corrected chi connectivity index (χ3v) is 3.73. The van der Waals surface area contributed by atoms with Gasteiger partial charge in [0, 0.05) is 11.1 Å². The predicted molar refractivity (Wildman–Crippen MR) is 94.4 cm³/mol. The molecule has 0 aliphatic heterocycles. The van der Waals surface area contributed by atoms with Gasteiger partial charge in [0.1, 0.15) is 12.3 Å². The van der Waals surface area contributed by atoms with Crippen molar-refractivity contribution >= 4 is 5.78 Å². The fourth-order valence-corrected chi connectivity index (χ4v) is 2.40. The van der Waals surface area contributed by atoms with Crippen LogP contribution in [0.3, 0.4) is 0 Å². The summed E-state index contributed by atoms with van der Waals surface area (Å²) in [4.78, 5) is 12.3. The van der Waals surface area contributed by atoms with E-state index in [9.17, 15) is 4.79 Å². The summed E-state index contributed by atoms with van der Waals surface area (Å²) in [5.74, 6) is 0.809. The van der Waals surface area contributed by atoms with Gasteiger partial charge in [-0.3, -0.25) is 4.79 Å². The number of ether oxygens (including phenoxy) is 1. The molecule has 0 bridgehead atoms. The highest BCUT2D eigenvalue weighted by atomic mass is 16.5. The van der Waals surface area contributed by atoms with E-state index in [4.69, 9.17) is 9.84 Å². The van der Waals surface area contributed by atoms with Crippen molar-refractivity contribution in [3.63, 3.8) is 0 Å². The number of carbonyl (C=O) groups is 1. The number of unbranched alkanes of at least 4 members (excludes halogenated alkanes) is 1. The zero-order valence-corrected chi connectivity index (χ0v) is 14.2. The molecule has 2 aromatic rings. The Balaban J connectivity index is 1.71. The number of aliphatic hydroxyl groups excluding tert-OH is 1. The molecule has 4 nitrogen and oxygen atoms in total. The second kappa shape index (κ2) is 9.85. The number of rotatable bonds is 10. The zero-order chi connectivity index (χ0) is 17.2. The molecule has 0 radical (unpaired) electrons. The summed E-state index contributed by atoms with van der Waals surface area (Å²) in [6.45, 7) is 4.21. The lowest BCUT2D eigenvalue weighted by Gasteiger charge is -2.07. The highest BCUT2D eigenvalue weighted by molar-refractivity contribution is 6.08. The molecule has 4 heteroatoms. The monoisotopic (exact) mass is 328 g/mol. The summed E-state index contributed by atoms with van der Waals surface area (Å²) >= 11 is 0. The van der Waals surface area contributed by atoms with Crippen LogP contribution in [0.2, 0.25) is 0 Å². The van der Waals surface area contributed by atoms with Gasteiger partial charge in [-0.15, -0.1) is 0 Å². The highest BCUT2D eigenvalue weighted by Gasteiger charge is 2.08. The second-order valence-electron chi connectivity index (χ2n) is 5.94. The maximum atomic E-state index is 12.3. The van der Waals surface area contributed by atoms with Crippen LogP contribution in [0.4, 0.5) is 0 Å². The number of carbonyl (C=O) groups excluding carboxylic acids is 1. The number of quaternary nitrogens is 1. The summed E-state index contributed by atoms with van der Waals surface area (Å²) < 4.78 is 5.70. The Morgan fingerprint density at radius 1 is 1.04 bits per heavy atom. The van der Waals surface area contributed by atoms with E-state index >= 15 is 0 Å². The van der Waals surface area contributed by atoms with Gasteiger partial charge in [0.2, 0.25) is 0 Å². The molecule has 2 aromatic carbocycles. The lowest BCUT2D eigenvalue weighted by atomic mass is 10.0. The third kappa shape index (κ3) is 6.14. The van der Waals surface area contributed by atoms with Crippen molar-refractivity contribution in [2.75, 3.05) is 19.7 Å². The number of hydrogen-bond acceptors (Lipinski definition) is 3. The van der Waals surface area contributed by atoms with Crippen LogP contribution in [-0.2, 0) is 0 Å². The smallest absolute Gasteiger partial charge is 0.193 e. The maximum Gasteiger partial charge on any atom is 0.193 e. The van der Waals surface area contributed by atoms with E-state index in [0.29, 0.717) is 17.7 Å². The van der Waals surface area contributed by atoms with Gasteiger partial charge in [0.05, 0.1) is 19.3 Å². The molecule has 0 unspecified atom stereocenters. The topological polar surface area (TPSA) is 63.1 Å². The normalized spacial score (nSPS) is 11.9. The minimum Gasteiger partial charge on any atom is -0.494 e. The Morgan fingerprint density at radius 2 is 1.71 bits per heavy atom. The minimum atomic E-state index is -0.252. The summed E-state index contributed by atoms with van der Waals surface area (Å²) in [5.41, 5.74) is 1.36. The number of benzene rings is 2. The quantitative estimate of drug-likeness (QED) is 0.518. The van der Waals surface area contributed by atoms with Crippen LogP contribution in [0, 0.1) is 0 Å². The second-order valence-corrected chi connectivity index (χ2v) is 5.94. The van der Waals surface area contributed by atoms with Crippen molar-refractivity contribution in [2.24, 2.45) is 0 Å². The molecule has 0 saturated heterocycles. The first-order chi connectivity index (χ1) is 11.7. The van der Waals surface area contributed by atoms with E-state index in [1.54, 1.807) is 19.1 Å². The van der Waals surface area contributed by atoms with E-state index in [2.05, 4.69) is 5.32 Å². The molecule has 24 heavy (non-hydrogen) atoms. The van der Waals surface area contributed by atoms with Crippen LogP contribution in [0.1, 0.15) is 35.7 Å². The van der Waals surface area contributed by atoms with Crippen molar-refractivity contribution in [3.05, 3.63) is 65.7 Å². The lowest BCUT2D eigenvalue weighted by molar-refractivity contribution is -0.660. The van der Waals surface area contributed by atoms with Gasteiger partial charge < -0.3 is 15.2 Å². The van der Waals surface area contributed by atoms with Gasteiger partial charge in [0.15, 0.2) is 5.78 Å². The Bertz CT molecular complexity index is 609. The van der Waals surface area contributed by atoms with Crippen LogP contribution in [0.15, 0.2) is 54.6 Å². The summed E-state index contributed by atoms with van der Waals surface area (Å²) in [7, 11) is 0. The average molecular weight is 328 g/mol. The van der Waals surface area contributed by atoms with E-state index in [1.165, 1.54) is 0 Å². The molecular formula is C20H26NO3+. The molecular weight excluding hydrogens is 302 g/mol. The Morgan fingerprint density at radius 3 is 2.38 bits per heavy atom. The SMILES string of the molecule is C[C@H](O)C[NH2+]CCCCOc1ccc(C(=O)c2ccccc2)cc1. The highest BCUT2D eigenvalue weighted by Crippen LogP contribution is 2.15. The van der Waals surface area contributed by atoms with Crippen LogP contribution in [0.25, 0.3) is 0 Å². The minimum absolute atomic E-state index is 0.0239. The van der Waals surface area contributed by atoms with Crippen molar-refractivity contribution in [2.45, 2.75) is 25.9 Å². The Hall–Kier alpha value is -2.17. The predicted octanol–water partition coefficient (Wildman–Crippen LogP) is 2.02. The molecule has 1 atom stereocenters.